The monoisotopic (exact) mass is 264 g/mol. The molecule has 1 rings (SSSR count). The Bertz CT molecular complexity index is 610. The van der Waals surface area contributed by atoms with Gasteiger partial charge in [0.15, 0.2) is 0 Å². The van der Waals surface area contributed by atoms with Crippen molar-refractivity contribution < 1.29 is 8.42 Å². The van der Waals surface area contributed by atoms with Crippen LogP contribution in [-0.4, -0.2) is 18.9 Å². The first-order valence-electron chi connectivity index (χ1n) is 5.18. The Kier molecular flexibility index (Phi) is 4.02. The van der Waals surface area contributed by atoms with Crippen LogP contribution in [0.1, 0.15) is 26.0 Å². The number of pyridine rings is 1. The maximum absolute atomic E-state index is 12.0. The molecule has 1 N–H and O–H groups in total. The van der Waals surface area contributed by atoms with Gasteiger partial charge in [-0.15, -0.1) is 0 Å². The molecule has 0 fully saturated rings. The van der Waals surface area contributed by atoms with Crippen molar-refractivity contribution >= 4 is 10.0 Å². The first-order chi connectivity index (χ1) is 8.37. The molecule has 0 radical (unpaired) electrons. The number of rotatable bonds is 4. The molecular weight excluding hydrogens is 252 g/mol. The minimum atomic E-state index is -3.81. The van der Waals surface area contributed by atoms with Crippen LogP contribution in [0.25, 0.3) is 0 Å². The Morgan fingerprint density at radius 3 is 2.50 bits per heavy atom. The molecule has 7 heteroatoms. The molecule has 1 heterocycles. The molecule has 0 aliphatic rings. The second kappa shape index (κ2) is 5.13. The molecule has 0 spiro atoms. The van der Waals surface area contributed by atoms with Crippen LogP contribution in [0.4, 0.5) is 0 Å². The van der Waals surface area contributed by atoms with E-state index >= 15 is 0 Å². The lowest BCUT2D eigenvalue weighted by atomic mass is 10.0. The van der Waals surface area contributed by atoms with Gasteiger partial charge in [0.2, 0.25) is 10.0 Å². The van der Waals surface area contributed by atoms with E-state index in [1.807, 2.05) is 6.07 Å². The topological polar surface area (TPSA) is 107 Å². The SMILES string of the molecule is CCC(C)(C#N)NS(=O)(=O)c1ccc(C#N)nc1. The zero-order valence-electron chi connectivity index (χ0n) is 10.0. The van der Waals surface area contributed by atoms with Crippen LogP contribution in [0, 0.1) is 22.7 Å². The molecule has 0 bridgehead atoms. The van der Waals surface area contributed by atoms with Crippen LogP contribution in [-0.2, 0) is 10.0 Å². The third kappa shape index (κ3) is 3.04. The highest BCUT2D eigenvalue weighted by atomic mass is 32.2. The van der Waals surface area contributed by atoms with Gasteiger partial charge in [0.05, 0.1) is 6.07 Å². The first kappa shape index (κ1) is 14.1. The highest BCUT2D eigenvalue weighted by molar-refractivity contribution is 7.89. The summed E-state index contributed by atoms with van der Waals surface area (Å²) >= 11 is 0. The maximum Gasteiger partial charge on any atom is 0.243 e. The zero-order valence-corrected chi connectivity index (χ0v) is 10.8. The lowest BCUT2D eigenvalue weighted by Crippen LogP contribution is -2.44. The summed E-state index contributed by atoms with van der Waals surface area (Å²) in [5, 5.41) is 17.5. The van der Waals surface area contributed by atoms with E-state index in [-0.39, 0.29) is 10.6 Å². The number of sulfonamides is 1. The Morgan fingerprint density at radius 1 is 1.44 bits per heavy atom. The summed E-state index contributed by atoms with van der Waals surface area (Å²) in [7, 11) is -3.81. The van der Waals surface area contributed by atoms with Crippen molar-refractivity contribution in [2.45, 2.75) is 30.7 Å². The first-order valence-corrected chi connectivity index (χ1v) is 6.66. The molecule has 94 valence electrons. The van der Waals surface area contributed by atoms with Gasteiger partial charge in [-0.05, 0) is 25.5 Å². The van der Waals surface area contributed by atoms with Gasteiger partial charge in [-0.3, -0.25) is 0 Å². The highest BCUT2D eigenvalue weighted by Crippen LogP contribution is 2.14. The standard InChI is InChI=1S/C11H12N4O2S/c1-3-11(2,8-13)15-18(16,17)10-5-4-9(6-12)14-7-10/h4-5,7,15H,3H2,1-2H3. The van der Waals surface area contributed by atoms with Crippen molar-refractivity contribution in [3.8, 4) is 12.1 Å². The second-order valence-corrected chi connectivity index (χ2v) is 5.58. The molecule has 0 aromatic carbocycles. The summed E-state index contributed by atoms with van der Waals surface area (Å²) in [6.45, 7) is 3.21. The molecule has 0 saturated heterocycles. The predicted octanol–water partition coefficient (Wildman–Crippen LogP) is 0.924. The van der Waals surface area contributed by atoms with Crippen molar-refractivity contribution in [3.05, 3.63) is 24.0 Å². The Balaban J connectivity index is 3.08. The molecule has 1 unspecified atom stereocenters. The zero-order chi connectivity index (χ0) is 13.8. The van der Waals surface area contributed by atoms with Gasteiger partial charge in [0.25, 0.3) is 0 Å². The number of nitriles is 2. The summed E-state index contributed by atoms with van der Waals surface area (Å²) in [6.07, 6.45) is 1.43. The summed E-state index contributed by atoms with van der Waals surface area (Å²) in [5.74, 6) is 0. The Labute approximate surface area is 106 Å². The summed E-state index contributed by atoms with van der Waals surface area (Å²) in [4.78, 5) is 3.61. The van der Waals surface area contributed by atoms with Gasteiger partial charge in [0, 0.05) is 6.20 Å². The fraction of sp³-hybridized carbons (Fsp3) is 0.364. The van der Waals surface area contributed by atoms with Crippen molar-refractivity contribution in [1.82, 2.24) is 9.71 Å². The lowest BCUT2D eigenvalue weighted by molar-refractivity contribution is 0.495. The average Bonchev–Trinajstić information content (AvgIpc) is 2.38. The highest BCUT2D eigenvalue weighted by Gasteiger charge is 2.29. The number of nitrogens with one attached hydrogen (secondary N) is 1. The van der Waals surface area contributed by atoms with E-state index in [1.165, 1.54) is 19.1 Å². The third-order valence-corrected chi connectivity index (χ3v) is 4.06. The van der Waals surface area contributed by atoms with Crippen molar-refractivity contribution in [2.75, 3.05) is 0 Å². The van der Waals surface area contributed by atoms with E-state index in [2.05, 4.69) is 9.71 Å². The van der Waals surface area contributed by atoms with Crippen LogP contribution in [0.5, 0.6) is 0 Å². The average molecular weight is 264 g/mol. The van der Waals surface area contributed by atoms with Crippen LogP contribution in [0.2, 0.25) is 0 Å². The van der Waals surface area contributed by atoms with E-state index < -0.39 is 15.6 Å². The Morgan fingerprint density at radius 2 is 2.11 bits per heavy atom. The van der Waals surface area contributed by atoms with Gasteiger partial charge in [-0.25, -0.2) is 13.4 Å². The minimum absolute atomic E-state index is 0.0728. The molecule has 0 aliphatic carbocycles. The van der Waals surface area contributed by atoms with Crippen molar-refractivity contribution in [1.29, 1.82) is 10.5 Å². The largest absolute Gasteiger partial charge is 0.244 e. The molecule has 1 aromatic heterocycles. The smallest absolute Gasteiger partial charge is 0.243 e. The normalized spacial score (nSPS) is 14.2. The van der Waals surface area contributed by atoms with Crippen molar-refractivity contribution in [2.24, 2.45) is 0 Å². The third-order valence-electron chi connectivity index (χ3n) is 2.47. The van der Waals surface area contributed by atoms with Gasteiger partial charge >= 0.3 is 0 Å². The van der Waals surface area contributed by atoms with Gasteiger partial charge in [0.1, 0.15) is 22.2 Å². The molecule has 1 atom stereocenters. The summed E-state index contributed by atoms with van der Waals surface area (Å²) in [5.41, 5.74) is -1.03. The van der Waals surface area contributed by atoms with Gasteiger partial charge in [-0.1, -0.05) is 6.92 Å². The fourth-order valence-corrected chi connectivity index (χ4v) is 2.47. The molecule has 0 amide bonds. The number of nitrogens with zero attached hydrogens (tertiary/aromatic N) is 3. The fourth-order valence-electron chi connectivity index (χ4n) is 1.13. The van der Waals surface area contributed by atoms with E-state index in [1.54, 1.807) is 13.0 Å². The number of hydrogen-bond acceptors (Lipinski definition) is 5. The summed E-state index contributed by atoms with van der Waals surface area (Å²) < 4.78 is 26.3. The Hall–Kier alpha value is -1.96. The van der Waals surface area contributed by atoms with E-state index in [9.17, 15) is 8.42 Å². The quantitative estimate of drug-likeness (QED) is 0.870. The molecular formula is C11H12N4O2S. The maximum atomic E-state index is 12.0. The summed E-state index contributed by atoms with van der Waals surface area (Å²) in [6, 6.07) is 6.30. The lowest BCUT2D eigenvalue weighted by Gasteiger charge is -2.20. The van der Waals surface area contributed by atoms with Gasteiger partial charge < -0.3 is 0 Å². The number of hydrogen-bond donors (Lipinski definition) is 1. The van der Waals surface area contributed by atoms with Crippen LogP contribution in [0.3, 0.4) is 0 Å². The number of aromatic nitrogens is 1. The molecule has 18 heavy (non-hydrogen) atoms. The van der Waals surface area contributed by atoms with Gasteiger partial charge in [-0.2, -0.15) is 15.2 Å². The molecule has 6 nitrogen and oxygen atoms in total. The van der Waals surface area contributed by atoms with Crippen LogP contribution in [0.15, 0.2) is 23.2 Å². The second-order valence-electron chi connectivity index (χ2n) is 3.89. The van der Waals surface area contributed by atoms with E-state index in [4.69, 9.17) is 10.5 Å². The van der Waals surface area contributed by atoms with Crippen LogP contribution < -0.4 is 4.72 Å². The van der Waals surface area contributed by atoms with E-state index in [0.29, 0.717) is 6.42 Å². The van der Waals surface area contributed by atoms with Crippen molar-refractivity contribution in [3.63, 3.8) is 0 Å². The predicted molar refractivity (Wildman–Crippen MR) is 63.6 cm³/mol. The van der Waals surface area contributed by atoms with Crippen LogP contribution >= 0.6 is 0 Å². The molecule has 0 saturated carbocycles. The van der Waals surface area contributed by atoms with E-state index in [0.717, 1.165) is 6.20 Å². The molecule has 0 aliphatic heterocycles. The minimum Gasteiger partial charge on any atom is -0.244 e. The molecule has 1 aromatic rings.